The highest BCUT2D eigenvalue weighted by Crippen LogP contribution is 2.36. The molecule has 0 unspecified atom stereocenters. The van der Waals surface area contributed by atoms with Gasteiger partial charge in [-0.2, -0.15) is 0 Å². The van der Waals surface area contributed by atoms with E-state index in [0.717, 1.165) is 0 Å². The minimum atomic E-state index is -0.499. The molecule has 0 fully saturated rings. The summed E-state index contributed by atoms with van der Waals surface area (Å²) in [6, 6.07) is 16.5. The van der Waals surface area contributed by atoms with Gasteiger partial charge in [-0.25, -0.2) is 13.2 Å². The van der Waals surface area contributed by atoms with Crippen LogP contribution in [0.15, 0.2) is 84.6 Å². The van der Waals surface area contributed by atoms with Gasteiger partial charge in [-0.05, 0) is 72.3 Å². The van der Waals surface area contributed by atoms with Gasteiger partial charge < -0.3 is 5.32 Å². The summed E-state index contributed by atoms with van der Waals surface area (Å²) in [5.74, 6) is -1.50. The van der Waals surface area contributed by atoms with E-state index in [-0.39, 0.29) is 17.5 Å². The average molecular weight is 380 g/mol. The molecule has 0 spiro atoms. The average Bonchev–Trinajstić information content (AvgIpc) is 3.01. The molecule has 0 aliphatic carbocycles. The fraction of sp³-hybridized carbons (Fsp3) is 0.0455. The molecule has 1 amide bonds. The summed E-state index contributed by atoms with van der Waals surface area (Å²) in [4.78, 5) is 14.6. The Morgan fingerprint density at radius 3 is 1.79 bits per heavy atom. The largest absolute Gasteiger partial charge is 0.351 e. The SMILES string of the molecule is O=C1C(Nc2ccc(F)cc2)=C[C@@H](c2ccc(F)cc2)N1c1ccc(F)cc1. The Hall–Kier alpha value is -3.54. The maximum Gasteiger partial charge on any atom is 0.275 e. The Labute approximate surface area is 159 Å². The van der Waals surface area contributed by atoms with E-state index in [0.29, 0.717) is 22.6 Å². The maximum atomic E-state index is 13.3. The van der Waals surface area contributed by atoms with Crippen LogP contribution in [-0.2, 0) is 4.79 Å². The van der Waals surface area contributed by atoms with Crippen LogP contribution >= 0.6 is 0 Å². The highest BCUT2D eigenvalue weighted by Gasteiger charge is 2.34. The number of carbonyl (C=O) groups excluding carboxylic acids is 1. The van der Waals surface area contributed by atoms with Crippen LogP contribution in [0.2, 0.25) is 0 Å². The molecule has 140 valence electrons. The molecule has 0 bridgehead atoms. The molecule has 1 heterocycles. The number of benzene rings is 3. The third-order valence-electron chi connectivity index (χ3n) is 4.49. The molecule has 3 aromatic rings. The van der Waals surface area contributed by atoms with Gasteiger partial charge in [0, 0.05) is 11.4 Å². The topological polar surface area (TPSA) is 32.3 Å². The van der Waals surface area contributed by atoms with Crippen LogP contribution in [-0.4, -0.2) is 5.91 Å². The van der Waals surface area contributed by atoms with Crippen molar-refractivity contribution in [2.75, 3.05) is 10.2 Å². The van der Waals surface area contributed by atoms with Crippen LogP contribution < -0.4 is 10.2 Å². The molecular weight excluding hydrogens is 365 g/mol. The fourth-order valence-corrected chi connectivity index (χ4v) is 3.13. The number of anilines is 2. The summed E-state index contributed by atoms with van der Waals surface area (Å²) in [7, 11) is 0. The molecule has 4 rings (SSSR count). The van der Waals surface area contributed by atoms with Crippen LogP contribution in [0.1, 0.15) is 11.6 Å². The predicted molar refractivity (Wildman–Crippen MR) is 101 cm³/mol. The highest BCUT2D eigenvalue weighted by molar-refractivity contribution is 6.11. The van der Waals surface area contributed by atoms with Crippen LogP contribution in [0, 0.1) is 17.5 Å². The monoisotopic (exact) mass is 380 g/mol. The van der Waals surface area contributed by atoms with Gasteiger partial charge in [-0.3, -0.25) is 9.69 Å². The van der Waals surface area contributed by atoms with Gasteiger partial charge in [0.05, 0.1) is 6.04 Å². The molecule has 1 aliphatic heterocycles. The van der Waals surface area contributed by atoms with E-state index in [4.69, 9.17) is 0 Å². The lowest BCUT2D eigenvalue weighted by Crippen LogP contribution is -2.30. The molecule has 0 saturated heterocycles. The molecule has 1 N–H and O–H groups in total. The standard InChI is InChI=1S/C22H15F3N2O/c23-15-3-1-14(2-4-15)21-13-20(26-18-9-5-16(24)6-10-18)22(28)27(21)19-11-7-17(25)8-12-19/h1-13,21,26H/t21-/m0/s1. The molecular formula is C22H15F3N2O. The molecule has 0 saturated carbocycles. The van der Waals surface area contributed by atoms with Crippen LogP contribution in [0.25, 0.3) is 0 Å². The highest BCUT2D eigenvalue weighted by atomic mass is 19.1. The van der Waals surface area contributed by atoms with Gasteiger partial charge in [0.2, 0.25) is 0 Å². The summed E-state index contributed by atoms with van der Waals surface area (Å²) >= 11 is 0. The first kappa shape index (κ1) is 17.9. The predicted octanol–water partition coefficient (Wildman–Crippen LogP) is 5.19. The second-order valence-electron chi connectivity index (χ2n) is 6.36. The smallest absolute Gasteiger partial charge is 0.275 e. The number of hydrogen-bond acceptors (Lipinski definition) is 2. The molecule has 3 aromatic carbocycles. The zero-order valence-electron chi connectivity index (χ0n) is 14.6. The minimum absolute atomic E-state index is 0.297. The summed E-state index contributed by atoms with van der Waals surface area (Å²) in [6.07, 6.45) is 1.71. The Bertz CT molecular complexity index is 1030. The van der Waals surface area contributed by atoms with Crippen molar-refractivity contribution in [1.82, 2.24) is 0 Å². The zero-order chi connectivity index (χ0) is 19.7. The first-order valence-electron chi connectivity index (χ1n) is 8.60. The van der Waals surface area contributed by atoms with Gasteiger partial charge in [0.15, 0.2) is 0 Å². The van der Waals surface area contributed by atoms with E-state index < -0.39 is 11.9 Å². The van der Waals surface area contributed by atoms with Gasteiger partial charge in [0.1, 0.15) is 23.1 Å². The van der Waals surface area contributed by atoms with E-state index in [1.807, 2.05) is 0 Å². The first-order chi connectivity index (χ1) is 13.5. The van der Waals surface area contributed by atoms with E-state index in [2.05, 4.69) is 5.32 Å². The van der Waals surface area contributed by atoms with E-state index in [9.17, 15) is 18.0 Å². The van der Waals surface area contributed by atoms with Crippen molar-refractivity contribution in [3.05, 3.63) is 108 Å². The lowest BCUT2D eigenvalue weighted by molar-refractivity contribution is -0.114. The molecule has 1 aliphatic rings. The lowest BCUT2D eigenvalue weighted by atomic mass is 10.1. The number of carbonyl (C=O) groups is 1. The Kier molecular flexibility index (Phi) is 4.61. The van der Waals surface area contributed by atoms with Crippen molar-refractivity contribution in [3.63, 3.8) is 0 Å². The van der Waals surface area contributed by atoms with Crippen LogP contribution in [0.5, 0.6) is 0 Å². The van der Waals surface area contributed by atoms with Gasteiger partial charge in [0.25, 0.3) is 5.91 Å². The molecule has 3 nitrogen and oxygen atoms in total. The summed E-state index contributed by atoms with van der Waals surface area (Å²) in [5, 5.41) is 3.00. The summed E-state index contributed by atoms with van der Waals surface area (Å²) < 4.78 is 39.8. The van der Waals surface area contributed by atoms with Gasteiger partial charge >= 0.3 is 0 Å². The molecule has 6 heteroatoms. The Morgan fingerprint density at radius 2 is 1.21 bits per heavy atom. The number of nitrogens with one attached hydrogen (secondary N) is 1. The quantitative estimate of drug-likeness (QED) is 0.676. The van der Waals surface area contributed by atoms with Crippen molar-refractivity contribution in [2.45, 2.75) is 6.04 Å². The zero-order valence-corrected chi connectivity index (χ0v) is 14.6. The summed E-state index contributed by atoms with van der Waals surface area (Å²) in [5.41, 5.74) is 2.06. The maximum absolute atomic E-state index is 13.3. The number of nitrogens with zero attached hydrogens (tertiary/aromatic N) is 1. The van der Waals surface area contributed by atoms with Crippen molar-refractivity contribution < 1.29 is 18.0 Å². The van der Waals surface area contributed by atoms with Crippen molar-refractivity contribution in [3.8, 4) is 0 Å². The van der Waals surface area contributed by atoms with Crippen LogP contribution in [0.3, 0.4) is 0 Å². The second kappa shape index (κ2) is 7.23. The number of rotatable bonds is 4. The first-order valence-corrected chi connectivity index (χ1v) is 8.60. The van der Waals surface area contributed by atoms with E-state index in [1.54, 1.807) is 18.2 Å². The second-order valence-corrected chi connectivity index (χ2v) is 6.36. The third-order valence-corrected chi connectivity index (χ3v) is 4.49. The fourth-order valence-electron chi connectivity index (χ4n) is 3.13. The molecule has 0 aromatic heterocycles. The third kappa shape index (κ3) is 3.49. The molecule has 28 heavy (non-hydrogen) atoms. The van der Waals surface area contributed by atoms with Crippen molar-refractivity contribution >= 4 is 17.3 Å². The van der Waals surface area contributed by atoms with Gasteiger partial charge in [-0.1, -0.05) is 12.1 Å². The van der Waals surface area contributed by atoms with Crippen LogP contribution in [0.4, 0.5) is 24.5 Å². The van der Waals surface area contributed by atoms with Crippen molar-refractivity contribution in [1.29, 1.82) is 0 Å². The number of amides is 1. The summed E-state index contributed by atoms with van der Waals surface area (Å²) in [6.45, 7) is 0. The van der Waals surface area contributed by atoms with Gasteiger partial charge in [-0.15, -0.1) is 0 Å². The minimum Gasteiger partial charge on any atom is -0.351 e. The Morgan fingerprint density at radius 1 is 0.714 bits per heavy atom. The molecule has 0 radical (unpaired) electrons. The lowest BCUT2D eigenvalue weighted by Gasteiger charge is -2.25. The number of hydrogen-bond donors (Lipinski definition) is 1. The molecule has 1 atom stereocenters. The van der Waals surface area contributed by atoms with E-state index in [1.165, 1.54) is 65.6 Å². The van der Waals surface area contributed by atoms with E-state index >= 15 is 0 Å². The van der Waals surface area contributed by atoms with Crippen molar-refractivity contribution in [2.24, 2.45) is 0 Å². The Balaban J connectivity index is 1.72. The number of halogens is 3. The normalized spacial score (nSPS) is 16.2.